The average Bonchev–Trinajstić information content (AvgIpc) is 3.89. The average molecular weight is 795 g/mol. The third-order valence-electron chi connectivity index (χ3n) is 12.2. The van der Waals surface area contributed by atoms with Crippen molar-refractivity contribution in [3.8, 4) is 39.1 Å². The number of fused-ring (bicyclic) bond motifs is 7. The molecular formula is C58H38N2S. The molecule has 0 bridgehead atoms. The lowest BCUT2D eigenvalue weighted by Gasteiger charge is -2.31. The van der Waals surface area contributed by atoms with E-state index in [4.69, 9.17) is 0 Å². The molecule has 0 aliphatic carbocycles. The maximum atomic E-state index is 2.53. The molecule has 3 heteroatoms. The Morgan fingerprint density at radius 3 is 1.84 bits per heavy atom. The Balaban J connectivity index is 1.17. The fraction of sp³-hybridized carbons (Fsp3) is 0. The smallest absolute Gasteiger partial charge is 0.0562 e. The minimum absolute atomic E-state index is 1.11. The highest BCUT2D eigenvalue weighted by Gasteiger charge is 2.26. The van der Waals surface area contributed by atoms with Crippen LogP contribution in [0, 0.1) is 0 Å². The summed E-state index contributed by atoms with van der Waals surface area (Å²) in [6.45, 7) is 0. The topological polar surface area (TPSA) is 8.17 Å². The molecule has 286 valence electrons. The van der Waals surface area contributed by atoms with Crippen molar-refractivity contribution in [3.05, 3.63) is 231 Å². The van der Waals surface area contributed by atoms with Gasteiger partial charge in [-0.1, -0.05) is 170 Å². The van der Waals surface area contributed by atoms with Crippen LogP contribution in [-0.4, -0.2) is 4.57 Å². The zero-order chi connectivity index (χ0) is 40.3. The summed E-state index contributed by atoms with van der Waals surface area (Å²) in [7, 11) is 0. The molecule has 0 aliphatic rings. The van der Waals surface area contributed by atoms with Crippen molar-refractivity contribution in [1.29, 1.82) is 0 Å². The van der Waals surface area contributed by atoms with Gasteiger partial charge in [0.25, 0.3) is 0 Å². The molecular weight excluding hydrogens is 757 g/mol. The fourth-order valence-corrected chi connectivity index (χ4v) is 10.7. The number of aromatic nitrogens is 1. The maximum Gasteiger partial charge on any atom is 0.0562 e. The van der Waals surface area contributed by atoms with Crippen LogP contribution in [0.15, 0.2) is 231 Å². The first-order valence-electron chi connectivity index (χ1n) is 20.8. The summed E-state index contributed by atoms with van der Waals surface area (Å²) in [5, 5.41) is 7.47. The van der Waals surface area contributed by atoms with Crippen molar-refractivity contribution in [1.82, 2.24) is 4.57 Å². The summed E-state index contributed by atoms with van der Waals surface area (Å²) in [6, 6.07) is 84.3. The number of rotatable bonds is 7. The van der Waals surface area contributed by atoms with Crippen LogP contribution in [0.3, 0.4) is 0 Å². The van der Waals surface area contributed by atoms with Gasteiger partial charge in [0.15, 0.2) is 0 Å². The molecule has 0 aliphatic heterocycles. The lowest BCUT2D eigenvalue weighted by molar-refractivity contribution is 1.18. The Labute approximate surface area is 358 Å². The van der Waals surface area contributed by atoms with E-state index in [1.54, 1.807) is 0 Å². The SMILES string of the molecule is c1ccc(-c2cc(-c3cccc4c3sc3ccccc34)ccc2N(c2ccccc2-c2ccc3ccccc3c2)c2cccc3c2c2ccccc2n3-c2ccccc2)cc1. The van der Waals surface area contributed by atoms with Crippen LogP contribution < -0.4 is 4.90 Å². The largest absolute Gasteiger partial charge is 0.309 e. The van der Waals surface area contributed by atoms with E-state index >= 15 is 0 Å². The zero-order valence-electron chi connectivity index (χ0n) is 33.2. The van der Waals surface area contributed by atoms with Crippen LogP contribution >= 0.6 is 11.3 Å². The van der Waals surface area contributed by atoms with Gasteiger partial charge in [-0.25, -0.2) is 0 Å². The Morgan fingerprint density at radius 1 is 0.344 bits per heavy atom. The van der Waals surface area contributed by atoms with E-state index < -0.39 is 0 Å². The van der Waals surface area contributed by atoms with Crippen LogP contribution in [0.25, 0.3) is 91.8 Å². The molecule has 0 saturated carbocycles. The van der Waals surface area contributed by atoms with E-state index in [1.165, 1.54) is 63.9 Å². The molecule has 2 heterocycles. The van der Waals surface area contributed by atoms with E-state index in [1.807, 2.05) is 11.3 Å². The summed E-state index contributed by atoms with van der Waals surface area (Å²) in [5.41, 5.74) is 13.9. The highest BCUT2D eigenvalue weighted by atomic mass is 32.1. The predicted octanol–water partition coefficient (Wildman–Crippen LogP) is 16.8. The quantitative estimate of drug-likeness (QED) is 0.156. The molecule has 0 fully saturated rings. The van der Waals surface area contributed by atoms with Gasteiger partial charge in [0, 0.05) is 47.8 Å². The molecule has 0 amide bonds. The highest BCUT2D eigenvalue weighted by molar-refractivity contribution is 7.26. The Morgan fingerprint density at radius 2 is 0.951 bits per heavy atom. The van der Waals surface area contributed by atoms with Gasteiger partial charge in [-0.05, 0) is 93.7 Å². The lowest BCUT2D eigenvalue weighted by Crippen LogP contribution is -2.13. The van der Waals surface area contributed by atoms with Crippen LogP contribution in [0.5, 0.6) is 0 Å². The van der Waals surface area contributed by atoms with Gasteiger partial charge in [-0.15, -0.1) is 11.3 Å². The first kappa shape index (κ1) is 35.2. The van der Waals surface area contributed by atoms with Gasteiger partial charge in [-0.3, -0.25) is 0 Å². The second kappa shape index (κ2) is 14.5. The molecule has 0 N–H and O–H groups in total. The number of hydrogen-bond donors (Lipinski definition) is 0. The van der Waals surface area contributed by atoms with Gasteiger partial charge in [0.05, 0.1) is 28.1 Å². The minimum atomic E-state index is 1.11. The molecule has 0 radical (unpaired) electrons. The third-order valence-corrected chi connectivity index (χ3v) is 13.4. The monoisotopic (exact) mass is 794 g/mol. The van der Waals surface area contributed by atoms with Crippen LogP contribution in [-0.2, 0) is 0 Å². The number of benzene rings is 10. The van der Waals surface area contributed by atoms with Gasteiger partial charge < -0.3 is 9.47 Å². The van der Waals surface area contributed by atoms with Crippen molar-refractivity contribution < 1.29 is 0 Å². The summed E-state index contributed by atoms with van der Waals surface area (Å²) in [5.74, 6) is 0. The van der Waals surface area contributed by atoms with E-state index in [9.17, 15) is 0 Å². The molecule has 12 aromatic rings. The Hall–Kier alpha value is -7.72. The third kappa shape index (κ3) is 5.85. The van der Waals surface area contributed by atoms with E-state index in [0.29, 0.717) is 0 Å². The van der Waals surface area contributed by atoms with Crippen LogP contribution in [0.4, 0.5) is 17.1 Å². The summed E-state index contributed by atoms with van der Waals surface area (Å²) < 4.78 is 5.03. The standard InChI is InChI=1S/C58H38N2S/c1-3-18-40(19-4-1)50-38-43(46-26-15-27-48-47-24-11-14-32-56(47)61-58(46)48)35-36-53(50)60(51-28-12-9-23-45(51)42-34-33-39-17-7-8-20-41(39)37-42)55-31-16-30-54-57(55)49-25-10-13-29-52(49)59(54)44-21-5-2-6-22-44/h1-38H. The van der Waals surface area contributed by atoms with Crippen LogP contribution in [0.1, 0.15) is 0 Å². The number of para-hydroxylation sites is 3. The summed E-state index contributed by atoms with van der Waals surface area (Å²) in [6.07, 6.45) is 0. The minimum Gasteiger partial charge on any atom is -0.309 e. The highest BCUT2D eigenvalue weighted by Crippen LogP contribution is 2.50. The molecule has 0 atom stereocenters. The molecule has 0 unspecified atom stereocenters. The molecule has 61 heavy (non-hydrogen) atoms. The van der Waals surface area contributed by atoms with E-state index in [-0.39, 0.29) is 0 Å². The number of nitrogens with zero attached hydrogens (tertiary/aromatic N) is 2. The van der Waals surface area contributed by atoms with E-state index in [2.05, 4.69) is 240 Å². The summed E-state index contributed by atoms with van der Waals surface area (Å²) >= 11 is 1.88. The Kier molecular flexibility index (Phi) is 8.39. The number of thiophene rings is 1. The molecule has 0 saturated heterocycles. The Bertz CT molecular complexity index is 3600. The second-order valence-electron chi connectivity index (χ2n) is 15.7. The first-order chi connectivity index (χ1) is 30.3. The normalized spacial score (nSPS) is 11.6. The zero-order valence-corrected chi connectivity index (χ0v) is 34.1. The van der Waals surface area contributed by atoms with Crippen molar-refractivity contribution in [2.24, 2.45) is 0 Å². The van der Waals surface area contributed by atoms with Crippen molar-refractivity contribution in [2.45, 2.75) is 0 Å². The molecule has 2 aromatic heterocycles. The van der Waals surface area contributed by atoms with Crippen molar-refractivity contribution >= 4 is 81.1 Å². The molecule has 12 rings (SSSR count). The fourth-order valence-electron chi connectivity index (χ4n) is 9.42. The number of anilines is 3. The number of hydrogen-bond acceptors (Lipinski definition) is 2. The van der Waals surface area contributed by atoms with Crippen molar-refractivity contribution in [3.63, 3.8) is 0 Å². The first-order valence-corrected chi connectivity index (χ1v) is 21.7. The van der Waals surface area contributed by atoms with Crippen LogP contribution in [0.2, 0.25) is 0 Å². The van der Waals surface area contributed by atoms with Gasteiger partial charge in [0.1, 0.15) is 0 Å². The second-order valence-corrected chi connectivity index (χ2v) is 16.7. The van der Waals surface area contributed by atoms with Gasteiger partial charge in [-0.2, -0.15) is 0 Å². The maximum absolute atomic E-state index is 2.53. The predicted molar refractivity (Wildman–Crippen MR) is 262 cm³/mol. The lowest BCUT2D eigenvalue weighted by atomic mass is 9.94. The van der Waals surface area contributed by atoms with Crippen molar-refractivity contribution in [2.75, 3.05) is 4.90 Å². The molecule has 10 aromatic carbocycles. The van der Waals surface area contributed by atoms with Gasteiger partial charge >= 0.3 is 0 Å². The molecule has 2 nitrogen and oxygen atoms in total. The van der Waals surface area contributed by atoms with Gasteiger partial charge in [0.2, 0.25) is 0 Å². The summed E-state index contributed by atoms with van der Waals surface area (Å²) in [4.78, 5) is 2.53. The van der Waals surface area contributed by atoms with E-state index in [0.717, 1.165) is 45.0 Å². The molecule has 0 spiro atoms.